The third kappa shape index (κ3) is 4.08. The molecular formula is C29H35ClN2O6. The van der Waals surface area contributed by atoms with E-state index < -0.39 is 41.1 Å². The average Bonchev–Trinajstić information content (AvgIpc) is 3.24. The van der Waals surface area contributed by atoms with E-state index in [1.165, 1.54) is 4.90 Å². The number of cyclic esters (lactones) is 1. The van der Waals surface area contributed by atoms with Gasteiger partial charge >= 0.3 is 5.97 Å². The number of nitrogens with zero attached hydrogens (tertiary/aromatic N) is 2. The molecule has 0 aromatic heterocycles. The minimum Gasteiger partial charge on any atom is -0.465 e. The van der Waals surface area contributed by atoms with Crippen molar-refractivity contribution in [1.82, 2.24) is 4.90 Å². The van der Waals surface area contributed by atoms with Crippen molar-refractivity contribution >= 4 is 35.1 Å². The van der Waals surface area contributed by atoms with Crippen LogP contribution in [0.25, 0.3) is 0 Å². The zero-order valence-electron chi connectivity index (χ0n) is 22.0. The number of fused-ring (bicyclic) bond motifs is 2. The Hall–Kier alpha value is -2.68. The fourth-order valence-electron chi connectivity index (χ4n) is 6.73. The molecule has 1 unspecified atom stereocenters. The van der Waals surface area contributed by atoms with Crippen molar-refractivity contribution in [2.45, 2.75) is 63.3 Å². The molecule has 4 aliphatic rings. The molecule has 6 atom stereocenters. The number of anilines is 1. The van der Waals surface area contributed by atoms with Gasteiger partial charge in [0.2, 0.25) is 5.91 Å². The lowest BCUT2D eigenvalue weighted by Gasteiger charge is -2.41. The Balaban J connectivity index is 1.69. The van der Waals surface area contributed by atoms with Gasteiger partial charge in [-0.25, -0.2) is 0 Å². The standard InChI is InChI=1S/C29H35ClN2O6/c1-4-28-12-5-6-15-37-27(36)23(28)22-25(34)32(21(17-33)16-18(2)3)24-26(35)31(14-7-13-29(22,24)38-28)20-10-8-19(30)9-11-20/h5,7-13,18,21-24,33H,4,6,14-17H2,1-3H3/t21-,22+,23-,24?,28+,29+/m1/s1. The molecule has 2 saturated heterocycles. The monoisotopic (exact) mass is 542 g/mol. The predicted molar refractivity (Wildman–Crippen MR) is 142 cm³/mol. The Kier molecular flexibility index (Phi) is 7.18. The van der Waals surface area contributed by atoms with Crippen LogP contribution in [0.1, 0.15) is 40.0 Å². The fraction of sp³-hybridized carbons (Fsp3) is 0.552. The summed E-state index contributed by atoms with van der Waals surface area (Å²) in [6, 6.07) is 5.27. The Morgan fingerprint density at radius 3 is 2.47 bits per heavy atom. The van der Waals surface area contributed by atoms with E-state index in [1.54, 1.807) is 35.2 Å². The van der Waals surface area contributed by atoms with Gasteiger partial charge in [-0.05, 0) is 49.4 Å². The van der Waals surface area contributed by atoms with Crippen molar-refractivity contribution in [3.05, 3.63) is 53.6 Å². The van der Waals surface area contributed by atoms with Crippen LogP contribution in [0, 0.1) is 17.8 Å². The fourth-order valence-corrected chi connectivity index (χ4v) is 6.86. The lowest BCUT2D eigenvalue weighted by Crippen LogP contribution is -2.59. The second kappa shape index (κ2) is 10.1. The number of esters is 1. The summed E-state index contributed by atoms with van der Waals surface area (Å²) in [6.07, 6.45) is 8.93. The Labute approximate surface area is 228 Å². The van der Waals surface area contributed by atoms with E-state index in [2.05, 4.69) is 0 Å². The molecule has 9 heteroatoms. The van der Waals surface area contributed by atoms with Crippen LogP contribution in [0.4, 0.5) is 5.69 Å². The summed E-state index contributed by atoms with van der Waals surface area (Å²) in [5.41, 5.74) is -1.85. The largest absolute Gasteiger partial charge is 0.465 e. The van der Waals surface area contributed by atoms with Gasteiger partial charge in [0.1, 0.15) is 23.2 Å². The summed E-state index contributed by atoms with van der Waals surface area (Å²) >= 11 is 6.10. The number of carbonyl (C=O) groups excluding carboxylic acids is 3. The number of likely N-dealkylation sites (tertiary alicyclic amines) is 1. The number of amides is 2. The highest BCUT2D eigenvalue weighted by Gasteiger charge is 2.76. The zero-order valence-corrected chi connectivity index (χ0v) is 22.8. The molecule has 1 aromatic rings. The molecule has 1 aromatic carbocycles. The summed E-state index contributed by atoms with van der Waals surface area (Å²) in [7, 11) is 0. The quantitative estimate of drug-likeness (QED) is 0.436. The molecule has 204 valence electrons. The van der Waals surface area contributed by atoms with Crippen LogP contribution >= 0.6 is 11.6 Å². The summed E-state index contributed by atoms with van der Waals surface area (Å²) in [5.74, 6) is -2.90. The first-order valence-electron chi connectivity index (χ1n) is 13.4. The summed E-state index contributed by atoms with van der Waals surface area (Å²) in [4.78, 5) is 45.5. The number of aliphatic hydroxyl groups is 1. The SMILES string of the molecule is CC[C@]12C=CCCOC(=O)[C@H]1[C@H]1C(=O)N([C@@H](CO)CC(C)C)C3C(=O)N(c4ccc(Cl)cc4)CC=C[C@@]31O2. The molecule has 4 aliphatic heterocycles. The van der Waals surface area contributed by atoms with E-state index in [-0.39, 0.29) is 37.5 Å². The van der Waals surface area contributed by atoms with Gasteiger partial charge in [0.05, 0.1) is 25.2 Å². The van der Waals surface area contributed by atoms with Crippen LogP contribution in [-0.4, -0.2) is 70.8 Å². The summed E-state index contributed by atoms with van der Waals surface area (Å²) < 4.78 is 12.5. The first-order chi connectivity index (χ1) is 18.2. The van der Waals surface area contributed by atoms with Crippen molar-refractivity contribution in [3.63, 3.8) is 0 Å². The Morgan fingerprint density at radius 1 is 1.08 bits per heavy atom. The number of aliphatic hydroxyl groups excluding tert-OH is 1. The number of carbonyl (C=O) groups is 3. The van der Waals surface area contributed by atoms with E-state index in [1.807, 2.05) is 39.0 Å². The molecule has 0 radical (unpaired) electrons. The van der Waals surface area contributed by atoms with Gasteiger partial charge < -0.3 is 24.4 Å². The highest BCUT2D eigenvalue weighted by atomic mass is 35.5. The zero-order chi connectivity index (χ0) is 27.2. The number of rotatable bonds is 6. The molecule has 38 heavy (non-hydrogen) atoms. The molecule has 0 bridgehead atoms. The van der Waals surface area contributed by atoms with Crippen molar-refractivity contribution in [2.75, 3.05) is 24.7 Å². The lowest BCUT2D eigenvalue weighted by molar-refractivity contribution is -0.162. The Bertz CT molecular complexity index is 1170. The van der Waals surface area contributed by atoms with Crippen molar-refractivity contribution < 1.29 is 29.0 Å². The lowest BCUT2D eigenvalue weighted by atomic mass is 9.73. The molecule has 1 spiro atoms. The van der Waals surface area contributed by atoms with Gasteiger partial charge in [-0.1, -0.05) is 56.7 Å². The highest BCUT2D eigenvalue weighted by molar-refractivity contribution is 6.30. The van der Waals surface area contributed by atoms with E-state index in [0.717, 1.165) is 0 Å². The van der Waals surface area contributed by atoms with E-state index in [9.17, 15) is 19.5 Å². The minimum atomic E-state index is -1.39. The van der Waals surface area contributed by atoms with Gasteiger partial charge in [0.15, 0.2) is 0 Å². The Morgan fingerprint density at radius 2 is 1.82 bits per heavy atom. The van der Waals surface area contributed by atoms with Gasteiger partial charge in [0.25, 0.3) is 5.91 Å². The average molecular weight is 543 g/mol. The second-order valence-corrected chi connectivity index (χ2v) is 11.5. The third-order valence-electron chi connectivity index (χ3n) is 8.33. The van der Waals surface area contributed by atoms with Crippen LogP contribution in [0.3, 0.4) is 0 Å². The van der Waals surface area contributed by atoms with Crippen molar-refractivity contribution in [1.29, 1.82) is 0 Å². The third-order valence-corrected chi connectivity index (χ3v) is 8.58. The van der Waals surface area contributed by atoms with Crippen LogP contribution in [0.2, 0.25) is 5.02 Å². The van der Waals surface area contributed by atoms with Crippen molar-refractivity contribution in [2.24, 2.45) is 17.8 Å². The van der Waals surface area contributed by atoms with Gasteiger partial charge in [-0.15, -0.1) is 0 Å². The van der Waals surface area contributed by atoms with Crippen LogP contribution in [0.5, 0.6) is 0 Å². The normalized spacial score (nSPS) is 33.4. The molecule has 5 rings (SSSR count). The van der Waals surface area contributed by atoms with Gasteiger partial charge in [0, 0.05) is 17.3 Å². The molecule has 0 aliphatic carbocycles. The van der Waals surface area contributed by atoms with Crippen LogP contribution in [0.15, 0.2) is 48.6 Å². The number of ether oxygens (including phenoxy) is 2. The summed E-state index contributed by atoms with van der Waals surface area (Å²) in [5, 5.41) is 11.0. The smallest absolute Gasteiger partial charge is 0.313 e. The highest BCUT2D eigenvalue weighted by Crippen LogP contribution is 2.58. The molecule has 8 nitrogen and oxygen atoms in total. The van der Waals surface area contributed by atoms with E-state index in [4.69, 9.17) is 21.1 Å². The maximum atomic E-state index is 14.5. The molecule has 2 amide bonds. The number of halogens is 1. The number of benzene rings is 1. The maximum Gasteiger partial charge on any atom is 0.313 e. The molecule has 4 heterocycles. The molecule has 2 fully saturated rings. The molecule has 1 N–H and O–H groups in total. The number of hydrogen-bond acceptors (Lipinski definition) is 6. The van der Waals surface area contributed by atoms with Crippen LogP contribution < -0.4 is 4.90 Å². The van der Waals surface area contributed by atoms with E-state index >= 15 is 0 Å². The topological polar surface area (TPSA) is 96.4 Å². The van der Waals surface area contributed by atoms with Crippen LogP contribution in [-0.2, 0) is 23.9 Å². The van der Waals surface area contributed by atoms with Gasteiger partial charge in [-0.2, -0.15) is 0 Å². The minimum absolute atomic E-state index is 0.157. The van der Waals surface area contributed by atoms with Gasteiger partial charge in [-0.3, -0.25) is 14.4 Å². The van der Waals surface area contributed by atoms with Crippen molar-refractivity contribution in [3.8, 4) is 0 Å². The second-order valence-electron chi connectivity index (χ2n) is 11.0. The first-order valence-corrected chi connectivity index (χ1v) is 13.8. The first kappa shape index (κ1) is 26.9. The molecule has 0 saturated carbocycles. The summed E-state index contributed by atoms with van der Waals surface area (Å²) in [6.45, 7) is 6.09. The maximum absolute atomic E-state index is 14.5. The molecular weight excluding hydrogens is 508 g/mol. The van der Waals surface area contributed by atoms with E-state index in [0.29, 0.717) is 30.0 Å². The number of hydrogen-bond donors (Lipinski definition) is 1. The predicted octanol–water partition coefficient (Wildman–Crippen LogP) is 3.51.